The fraction of sp³-hybridized carbons (Fsp3) is 0.375. The topological polar surface area (TPSA) is 97.3 Å². The summed E-state index contributed by atoms with van der Waals surface area (Å²) < 4.78 is 30.7. The molecule has 212 valence electrons. The first-order valence-corrected chi connectivity index (χ1v) is 13.8. The fourth-order valence-electron chi connectivity index (χ4n) is 5.03. The second-order valence-corrected chi connectivity index (χ2v) is 10.9. The summed E-state index contributed by atoms with van der Waals surface area (Å²) in [6, 6.07) is 12.5. The number of nitrogens with two attached hydrogens (primary N) is 1. The fourth-order valence-corrected chi connectivity index (χ4v) is 5.03. The number of pyridine rings is 1. The summed E-state index contributed by atoms with van der Waals surface area (Å²) in [6.07, 6.45) is 4.57. The van der Waals surface area contributed by atoms with Crippen LogP contribution < -0.4 is 16.6 Å². The van der Waals surface area contributed by atoms with Crippen molar-refractivity contribution in [3.05, 3.63) is 98.3 Å². The number of anilines is 1. The van der Waals surface area contributed by atoms with Crippen LogP contribution in [0, 0.1) is 24.5 Å². The standard InChI is InChI=1S/C32H37F2N3O3/c1-19(2)7-15-27(32(39)40)36-18-17-21-8-10-23(11-9-21)37-28(38)16-13-25(31(37)35)29(22-5-4-6-22)24-12-14-26(33)20(3)30(24)34/h8-14,16,19,27,36H,4-7,15,17-18,35H2,1-3H3,(H,39,40)/t27-/m0/s1. The Bertz CT molecular complexity index is 1470. The van der Waals surface area contributed by atoms with Crippen molar-refractivity contribution in [3.63, 3.8) is 0 Å². The molecule has 1 aliphatic rings. The predicted molar refractivity (Wildman–Crippen MR) is 155 cm³/mol. The number of benzene rings is 2. The van der Waals surface area contributed by atoms with Crippen LogP contribution in [0.15, 0.2) is 58.9 Å². The maximum Gasteiger partial charge on any atom is 0.320 e. The molecule has 0 unspecified atom stereocenters. The molecule has 0 radical (unpaired) electrons. The number of rotatable bonds is 11. The first-order chi connectivity index (χ1) is 19.1. The summed E-state index contributed by atoms with van der Waals surface area (Å²) in [7, 11) is 0. The molecule has 1 fully saturated rings. The average molecular weight is 550 g/mol. The number of carboxylic acids is 1. The highest BCUT2D eigenvalue weighted by Crippen LogP contribution is 2.40. The van der Waals surface area contributed by atoms with Crippen LogP contribution in [0.5, 0.6) is 0 Å². The summed E-state index contributed by atoms with van der Waals surface area (Å²) in [5.41, 5.74) is 10.2. The Morgan fingerprint density at radius 1 is 1.02 bits per heavy atom. The number of hydrogen-bond acceptors (Lipinski definition) is 4. The van der Waals surface area contributed by atoms with E-state index in [1.807, 2.05) is 12.1 Å². The number of nitrogen functional groups attached to an aromatic ring is 1. The van der Waals surface area contributed by atoms with Gasteiger partial charge in [0.2, 0.25) is 0 Å². The van der Waals surface area contributed by atoms with Crippen molar-refractivity contribution in [1.29, 1.82) is 0 Å². The molecule has 4 rings (SSSR count). The lowest BCUT2D eigenvalue weighted by Gasteiger charge is -2.25. The van der Waals surface area contributed by atoms with E-state index in [4.69, 9.17) is 5.73 Å². The van der Waals surface area contributed by atoms with E-state index in [0.717, 1.165) is 36.8 Å². The maximum absolute atomic E-state index is 15.3. The number of hydrogen-bond donors (Lipinski definition) is 3. The Labute approximate surface area is 233 Å². The van der Waals surface area contributed by atoms with Crippen LogP contribution in [0.4, 0.5) is 14.6 Å². The van der Waals surface area contributed by atoms with Gasteiger partial charge < -0.3 is 16.2 Å². The molecule has 4 N–H and O–H groups in total. The molecule has 40 heavy (non-hydrogen) atoms. The molecule has 1 heterocycles. The Morgan fingerprint density at radius 2 is 1.70 bits per heavy atom. The van der Waals surface area contributed by atoms with E-state index in [1.54, 1.807) is 18.2 Å². The zero-order chi connectivity index (χ0) is 29.0. The molecule has 0 saturated heterocycles. The van der Waals surface area contributed by atoms with E-state index in [9.17, 15) is 19.1 Å². The van der Waals surface area contributed by atoms with Crippen molar-refractivity contribution in [3.8, 4) is 5.69 Å². The number of nitrogens with one attached hydrogen (secondary N) is 1. The van der Waals surface area contributed by atoms with Gasteiger partial charge in [0, 0.05) is 22.8 Å². The lowest BCUT2D eigenvalue weighted by molar-refractivity contribution is -0.139. The molecule has 1 atom stereocenters. The van der Waals surface area contributed by atoms with Crippen molar-refractivity contribution in [1.82, 2.24) is 9.88 Å². The van der Waals surface area contributed by atoms with Crippen LogP contribution in [0.3, 0.4) is 0 Å². The first kappa shape index (κ1) is 29.2. The summed E-state index contributed by atoms with van der Waals surface area (Å²) in [5, 5.41) is 12.6. The molecule has 0 bridgehead atoms. The third-order valence-corrected chi connectivity index (χ3v) is 7.63. The van der Waals surface area contributed by atoms with Crippen LogP contribution >= 0.6 is 0 Å². The quantitative estimate of drug-likeness (QED) is 0.272. The molecule has 3 aromatic rings. The first-order valence-electron chi connectivity index (χ1n) is 13.8. The Hall–Kier alpha value is -3.78. The van der Waals surface area contributed by atoms with E-state index < -0.39 is 23.6 Å². The van der Waals surface area contributed by atoms with E-state index in [2.05, 4.69) is 19.2 Å². The van der Waals surface area contributed by atoms with E-state index in [0.29, 0.717) is 42.1 Å². The highest BCUT2D eigenvalue weighted by molar-refractivity contribution is 5.87. The second-order valence-electron chi connectivity index (χ2n) is 10.9. The SMILES string of the molecule is Cc1c(F)ccc(C(=C2CCC2)c2ccc(=O)n(-c3ccc(CCN[C@@H](CCC(C)C)C(=O)O)cc3)c2N)c1F. The molecule has 0 spiro atoms. The summed E-state index contributed by atoms with van der Waals surface area (Å²) in [6.45, 7) is 6.06. The smallest absolute Gasteiger partial charge is 0.320 e. The van der Waals surface area contributed by atoms with Gasteiger partial charge in [-0.15, -0.1) is 0 Å². The number of aliphatic carboxylic acids is 1. The van der Waals surface area contributed by atoms with Gasteiger partial charge in [-0.1, -0.05) is 31.6 Å². The van der Waals surface area contributed by atoms with E-state index in [1.165, 1.54) is 29.7 Å². The largest absolute Gasteiger partial charge is 0.480 e. The number of nitrogens with zero attached hydrogens (tertiary/aromatic N) is 1. The van der Waals surface area contributed by atoms with Gasteiger partial charge in [0.1, 0.15) is 23.5 Å². The summed E-state index contributed by atoms with van der Waals surface area (Å²) in [4.78, 5) is 24.5. The van der Waals surface area contributed by atoms with E-state index in [-0.39, 0.29) is 22.5 Å². The molecule has 0 aliphatic heterocycles. The minimum atomic E-state index is -0.849. The summed E-state index contributed by atoms with van der Waals surface area (Å²) in [5.74, 6) is -1.46. The third-order valence-electron chi connectivity index (χ3n) is 7.63. The summed E-state index contributed by atoms with van der Waals surface area (Å²) >= 11 is 0. The molecule has 1 saturated carbocycles. The Balaban J connectivity index is 1.59. The Kier molecular flexibility index (Phi) is 9.20. The second kappa shape index (κ2) is 12.6. The maximum atomic E-state index is 15.3. The van der Waals surface area contributed by atoms with Crippen molar-refractivity contribution >= 4 is 17.4 Å². The van der Waals surface area contributed by atoms with Crippen LogP contribution in [-0.2, 0) is 11.2 Å². The van der Waals surface area contributed by atoms with Crippen LogP contribution in [0.1, 0.15) is 68.2 Å². The molecule has 1 aromatic heterocycles. The number of halogens is 2. The zero-order valence-corrected chi connectivity index (χ0v) is 23.3. The van der Waals surface area contributed by atoms with Crippen molar-refractivity contribution in [2.75, 3.05) is 12.3 Å². The van der Waals surface area contributed by atoms with Gasteiger partial charge in [-0.2, -0.15) is 0 Å². The van der Waals surface area contributed by atoms with Crippen molar-refractivity contribution in [2.24, 2.45) is 5.92 Å². The molecular weight excluding hydrogens is 512 g/mol. The lowest BCUT2D eigenvalue weighted by atomic mass is 9.81. The molecular formula is C32H37F2N3O3. The predicted octanol–water partition coefficient (Wildman–Crippen LogP) is 6.01. The normalized spacial score (nSPS) is 13.8. The molecule has 6 nitrogen and oxygen atoms in total. The van der Waals surface area contributed by atoms with Gasteiger partial charge in [-0.25, -0.2) is 8.78 Å². The van der Waals surface area contributed by atoms with Gasteiger partial charge in [0.05, 0.1) is 5.69 Å². The van der Waals surface area contributed by atoms with Gasteiger partial charge in [-0.05, 0) is 99.4 Å². The minimum absolute atomic E-state index is 0.0542. The highest BCUT2D eigenvalue weighted by atomic mass is 19.1. The van der Waals surface area contributed by atoms with Crippen LogP contribution in [0.25, 0.3) is 11.3 Å². The lowest BCUT2D eigenvalue weighted by Crippen LogP contribution is -2.38. The molecule has 1 aliphatic carbocycles. The van der Waals surface area contributed by atoms with E-state index >= 15 is 4.39 Å². The highest BCUT2D eigenvalue weighted by Gasteiger charge is 2.25. The van der Waals surface area contributed by atoms with Crippen molar-refractivity contribution in [2.45, 2.75) is 65.3 Å². The number of aromatic nitrogens is 1. The minimum Gasteiger partial charge on any atom is -0.480 e. The monoisotopic (exact) mass is 549 g/mol. The average Bonchev–Trinajstić information content (AvgIpc) is 2.88. The third kappa shape index (κ3) is 6.33. The number of carbonyl (C=O) groups is 1. The number of allylic oxidation sites excluding steroid dienone is 1. The van der Waals surface area contributed by atoms with Gasteiger partial charge in [0.25, 0.3) is 5.56 Å². The van der Waals surface area contributed by atoms with Crippen LogP contribution in [-0.4, -0.2) is 28.2 Å². The van der Waals surface area contributed by atoms with Crippen molar-refractivity contribution < 1.29 is 18.7 Å². The van der Waals surface area contributed by atoms with Gasteiger partial charge >= 0.3 is 5.97 Å². The molecule has 8 heteroatoms. The molecule has 2 aromatic carbocycles. The van der Waals surface area contributed by atoms with Gasteiger partial charge in [-0.3, -0.25) is 14.2 Å². The molecule has 0 amide bonds. The zero-order valence-electron chi connectivity index (χ0n) is 23.3. The van der Waals surface area contributed by atoms with Gasteiger partial charge in [0.15, 0.2) is 0 Å². The number of carboxylic acid groups (broad SMARTS) is 1. The Morgan fingerprint density at radius 3 is 2.30 bits per heavy atom. The van der Waals surface area contributed by atoms with Crippen LogP contribution in [0.2, 0.25) is 0 Å².